The number of benzene rings is 2. The van der Waals surface area contributed by atoms with Crippen molar-refractivity contribution in [3.63, 3.8) is 0 Å². The summed E-state index contributed by atoms with van der Waals surface area (Å²) in [4.78, 5) is 10.9. The zero-order valence-corrected chi connectivity index (χ0v) is 10.3. The minimum Gasteiger partial charge on any atom is -0.478 e. The monoisotopic (exact) mass is 264 g/mol. The Morgan fingerprint density at radius 2 is 1.94 bits per heavy atom. The first-order chi connectivity index (χ1) is 8.49. The molecule has 2 aromatic carbocycles. The van der Waals surface area contributed by atoms with Gasteiger partial charge in [0.05, 0.1) is 5.56 Å². The number of aromatic carboxylic acids is 1. The zero-order chi connectivity index (χ0) is 13.3. The lowest BCUT2D eigenvalue weighted by Crippen LogP contribution is -2.00. The fourth-order valence-electron chi connectivity index (χ4n) is 1.71. The topological polar surface area (TPSA) is 37.3 Å². The van der Waals surface area contributed by atoms with Crippen molar-refractivity contribution in [2.45, 2.75) is 6.92 Å². The molecular weight excluding hydrogens is 255 g/mol. The molecule has 0 aliphatic heterocycles. The van der Waals surface area contributed by atoms with Crippen LogP contribution >= 0.6 is 11.6 Å². The number of carboxylic acids is 1. The van der Waals surface area contributed by atoms with Crippen molar-refractivity contribution in [2.24, 2.45) is 0 Å². The van der Waals surface area contributed by atoms with Crippen LogP contribution in [0.5, 0.6) is 0 Å². The Labute approximate surface area is 109 Å². The molecule has 0 radical (unpaired) electrons. The molecule has 0 amide bonds. The Hall–Kier alpha value is -1.87. The highest BCUT2D eigenvalue weighted by atomic mass is 35.5. The lowest BCUT2D eigenvalue weighted by molar-refractivity contribution is 0.0692. The molecule has 0 bridgehead atoms. The van der Waals surface area contributed by atoms with E-state index in [0.717, 1.165) is 11.6 Å². The van der Waals surface area contributed by atoms with Gasteiger partial charge in [0.2, 0.25) is 0 Å². The van der Waals surface area contributed by atoms with Crippen LogP contribution in [0.2, 0.25) is 5.02 Å². The van der Waals surface area contributed by atoms with Crippen LogP contribution in [0.1, 0.15) is 15.9 Å². The smallest absolute Gasteiger partial charge is 0.338 e. The lowest BCUT2D eigenvalue weighted by atomic mass is 10.0. The van der Waals surface area contributed by atoms with E-state index >= 15 is 0 Å². The van der Waals surface area contributed by atoms with Gasteiger partial charge in [-0.05, 0) is 36.2 Å². The highest BCUT2D eigenvalue weighted by molar-refractivity contribution is 6.33. The molecular formula is C14H10ClFO2. The maximum atomic E-state index is 13.3. The van der Waals surface area contributed by atoms with Crippen LogP contribution in [0, 0.1) is 12.7 Å². The van der Waals surface area contributed by atoms with Crippen molar-refractivity contribution in [3.05, 3.63) is 58.4 Å². The summed E-state index contributed by atoms with van der Waals surface area (Å²) in [6.45, 7) is 1.91. The van der Waals surface area contributed by atoms with Crippen LogP contribution in [-0.4, -0.2) is 11.1 Å². The van der Waals surface area contributed by atoms with Gasteiger partial charge >= 0.3 is 5.97 Å². The average molecular weight is 265 g/mol. The fraction of sp³-hybridized carbons (Fsp3) is 0.0714. The second-order valence-corrected chi connectivity index (χ2v) is 4.39. The standard InChI is InChI=1S/C14H10ClFO2/c1-8-2-4-10(12(15)6-8)9-3-5-13(16)11(7-9)14(17)18/h2-7H,1H3,(H,17,18). The van der Waals surface area contributed by atoms with E-state index < -0.39 is 11.8 Å². The first-order valence-electron chi connectivity index (χ1n) is 5.28. The summed E-state index contributed by atoms with van der Waals surface area (Å²) >= 11 is 6.09. The van der Waals surface area contributed by atoms with E-state index in [-0.39, 0.29) is 5.56 Å². The van der Waals surface area contributed by atoms with Gasteiger partial charge in [-0.25, -0.2) is 9.18 Å². The van der Waals surface area contributed by atoms with Crippen molar-refractivity contribution in [1.29, 1.82) is 0 Å². The summed E-state index contributed by atoms with van der Waals surface area (Å²) in [5, 5.41) is 9.39. The molecule has 0 saturated heterocycles. The van der Waals surface area contributed by atoms with Crippen LogP contribution in [0.25, 0.3) is 11.1 Å². The molecule has 0 unspecified atom stereocenters. The van der Waals surface area contributed by atoms with Gasteiger partial charge in [0.15, 0.2) is 0 Å². The molecule has 2 rings (SSSR count). The van der Waals surface area contributed by atoms with Crippen molar-refractivity contribution < 1.29 is 14.3 Å². The number of carboxylic acid groups (broad SMARTS) is 1. The molecule has 1 N–H and O–H groups in total. The second-order valence-electron chi connectivity index (χ2n) is 3.98. The summed E-state index contributed by atoms with van der Waals surface area (Å²) in [5.41, 5.74) is 1.91. The predicted octanol–water partition coefficient (Wildman–Crippen LogP) is 4.15. The Bertz CT molecular complexity index is 623. The predicted molar refractivity (Wildman–Crippen MR) is 68.5 cm³/mol. The molecule has 92 valence electrons. The van der Waals surface area contributed by atoms with Crippen LogP contribution in [-0.2, 0) is 0 Å². The van der Waals surface area contributed by atoms with E-state index in [4.69, 9.17) is 16.7 Å². The van der Waals surface area contributed by atoms with Crippen LogP contribution in [0.3, 0.4) is 0 Å². The molecule has 4 heteroatoms. The number of aryl methyl sites for hydroxylation is 1. The van der Waals surface area contributed by atoms with Crippen molar-refractivity contribution in [1.82, 2.24) is 0 Å². The van der Waals surface area contributed by atoms with Crippen LogP contribution < -0.4 is 0 Å². The third-order valence-electron chi connectivity index (χ3n) is 2.63. The number of carbonyl (C=O) groups is 1. The van der Waals surface area contributed by atoms with Crippen molar-refractivity contribution in [3.8, 4) is 11.1 Å². The minimum absolute atomic E-state index is 0.357. The molecule has 0 aliphatic carbocycles. The largest absolute Gasteiger partial charge is 0.478 e. The molecule has 0 heterocycles. The molecule has 0 aromatic heterocycles. The van der Waals surface area contributed by atoms with Gasteiger partial charge in [0.25, 0.3) is 0 Å². The Morgan fingerprint density at radius 3 is 2.56 bits per heavy atom. The summed E-state index contributed by atoms with van der Waals surface area (Å²) in [5.74, 6) is -2.05. The fourth-order valence-corrected chi connectivity index (χ4v) is 2.06. The van der Waals surface area contributed by atoms with Crippen LogP contribution in [0.15, 0.2) is 36.4 Å². The molecule has 0 aliphatic rings. The second kappa shape index (κ2) is 4.78. The summed E-state index contributed by atoms with van der Waals surface area (Å²) in [6, 6.07) is 9.36. The van der Waals surface area contributed by atoms with Crippen molar-refractivity contribution >= 4 is 17.6 Å². The van der Waals surface area contributed by atoms with Crippen molar-refractivity contribution in [2.75, 3.05) is 0 Å². The van der Waals surface area contributed by atoms with E-state index in [0.29, 0.717) is 16.1 Å². The van der Waals surface area contributed by atoms with E-state index in [1.54, 1.807) is 12.1 Å². The van der Waals surface area contributed by atoms with Gasteiger partial charge in [-0.2, -0.15) is 0 Å². The van der Waals surface area contributed by atoms with Gasteiger partial charge < -0.3 is 5.11 Å². The van der Waals surface area contributed by atoms with Crippen LogP contribution in [0.4, 0.5) is 4.39 Å². The molecule has 0 spiro atoms. The maximum Gasteiger partial charge on any atom is 0.338 e. The molecule has 18 heavy (non-hydrogen) atoms. The quantitative estimate of drug-likeness (QED) is 0.885. The number of rotatable bonds is 2. The normalized spacial score (nSPS) is 10.4. The summed E-state index contributed by atoms with van der Waals surface area (Å²) < 4.78 is 13.3. The Morgan fingerprint density at radius 1 is 1.22 bits per heavy atom. The molecule has 2 nitrogen and oxygen atoms in total. The van der Waals surface area contributed by atoms with Gasteiger partial charge in [-0.1, -0.05) is 29.8 Å². The van der Waals surface area contributed by atoms with Gasteiger partial charge in [-0.15, -0.1) is 0 Å². The van der Waals surface area contributed by atoms with Gasteiger partial charge in [0.1, 0.15) is 5.82 Å². The summed E-state index contributed by atoms with van der Waals surface area (Å²) in [6.07, 6.45) is 0. The molecule has 0 fully saturated rings. The highest BCUT2D eigenvalue weighted by Gasteiger charge is 2.12. The Kier molecular flexibility index (Phi) is 3.34. The molecule has 2 aromatic rings. The summed E-state index contributed by atoms with van der Waals surface area (Å²) in [7, 11) is 0. The van der Waals surface area contributed by atoms with E-state index in [1.165, 1.54) is 12.1 Å². The SMILES string of the molecule is Cc1ccc(-c2ccc(F)c(C(=O)O)c2)c(Cl)c1. The van der Waals surface area contributed by atoms with E-state index in [1.807, 2.05) is 13.0 Å². The molecule has 0 saturated carbocycles. The van der Waals surface area contributed by atoms with Gasteiger partial charge in [0, 0.05) is 10.6 Å². The molecule has 0 atom stereocenters. The first kappa shape index (κ1) is 12.6. The zero-order valence-electron chi connectivity index (χ0n) is 9.58. The average Bonchev–Trinajstić information content (AvgIpc) is 2.30. The van der Waals surface area contributed by atoms with Gasteiger partial charge in [-0.3, -0.25) is 0 Å². The lowest BCUT2D eigenvalue weighted by Gasteiger charge is -2.07. The number of hydrogen-bond acceptors (Lipinski definition) is 1. The Balaban J connectivity index is 2.58. The number of hydrogen-bond donors (Lipinski definition) is 1. The third kappa shape index (κ3) is 2.36. The first-order valence-corrected chi connectivity index (χ1v) is 5.66. The van der Waals surface area contributed by atoms with E-state index in [2.05, 4.69) is 0 Å². The minimum atomic E-state index is -1.29. The number of halogens is 2. The third-order valence-corrected chi connectivity index (χ3v) is 2.95. The maximum absolute atomic E-state index is 13.3. The van der Waals surface area contributed by atoms with E-state index in [9.17, 15) is 9.18 Å². The highest BCUT2D eigenvalue weighted by Crippen LogP contribution is 2.29.